The summed E-state index contributed by atoms with van der Waals surface area (Å²) in [6.45, 7) is 4.58. The number of hydrogen-bond acceptors (Lipinski definition) is 4. The van der Waals surface area contributed by atoms with Crippen LogP contribution in [-0.2, 0) is 10.0 Å². The van der Waals surface area contributed by atoms with E-state index in [-0.39, 0.29) is 11.5 Å². The second-order valence-corrected chi connectivity index (χ2v) is 7.16. The monoisotopic (exact) mass is 287 g/mol. The molecule has 0 aliphatic heterocycles. The van der Waals surface area contributed by atoms with Crippen LogP contribution < -0.4 is 0 Å². The lowest BCUT2D eigenvalue weighted by molar-refractivity contribution is 0.138. The van der Waals surface area contributed by atoms with Crippen LogP contribution in [0.4, 0.5) is 0 Å². The number of rotatable bonds is 5. The Morgan fingerprint density at radius 2 is 1.95 bits per heavy atom. The summed E-state index contributed by atoms with van der Waals surface area (Å²) in [5.74, 6) is 0. The minimum Gasteiger partial charge on any atom is -0.394 e. The maximum absolute atomic E-state index is 12.4. The SMILES string of the molecule is CC(O)c1cccc(S(=O)(=O)N(C)C(C)(C)CO)c1. The van der Waals surface area contributed by atoms with E-state index >= 15 is 0 Å². The molecule has 19 heavy (non-hydrogen) atoms. The molecule has 1 rings (SSSR count). The molecule has 0 bridgehead atoms. The third kappa shape index (κ3) is 3.33. The van der Waals surface area contributed by atoms with Crippen molar-refractivity contribution in [3.63, 3.8) is 0 Å². The number of aliphatic hydroxyl groups excluding tert-OH is 2. The van der Waals surface area contributed by atoms with E-state index in [1.54, 1.807) is 32.9 Å². The molecule has 1 unspecified atom stereocenters. The smallest absolute Gasteiger partial charge is 0.243 e. The fraction of sp³-hybridized carbons (Fsp3) is 0.538. The van der Waals surface area contributed by atoms with Gasteiger partial charge in [0, 0.05) is 7.05 Å². The highest BCUT2D eigenvalue weighted by atomic mass is 32.2. The third-order valence-electron chi connectivity index (χ3n) is 3.24. The second kappa shape index (κ2) is 5.58. The van der Waals surface area contributed by atoms with Gasteiger partial charge in [-0.05, 0) is 38.5 Å². The zero-order valence-corrected chi connectivity index (χ0v) is 12.5. The highest BCUT2D eigenvalue weighted by Gasteiger charge is 2.33. The van der Waals surface area contributed by atoms with Crippen LogP contribution in [0.2, 0.25) is 0 Å². The van der Waals surface area contributed by atoms with Crippen LogP contribution in [0.25, 0.3) is 0 Å². The maximum Gasteiger partial charge on any atom is 0.243 e. The number of likely N-dealkylation sites (N-methyl/N-ethyl adjacent to an activating group) is 1. The van der Waals surface area contributed by atoms with Crippen LogP contribution >= 0.6 is 0 Å². The molecule has 0 radical (unpaired) electrons. The number of benzene rings is 1. The normalized spacial score (nSPS) is 14.7. The third-order valence-corrected chi connectivity index (χ3v) is 5.30. The van der Waals surface area contributed by atoms with Gasteiger partial charge in [0.15, 0.2) is 0 Å². The summed E-state index contributed by atoms with van der Waals surface area (Å²) in [4.78, 5) is 0.106. The Bertz CT molecular complexity index is 537. The van der Waals surface area contributed by atoms with Crippen molar-refractivity contribution in [3.8, 4) is 0 Å². The minimum atomic E-state index is -3.70. The molecule has 0 aromatic heterocycles. The largest absolute Gasteiger partial charge is 0.394 e. The number of sulfonamides is 1. The van der Waals surface area contributed by atoms with E-state index < -0.39 is 21.7 Å². The van der Waals surface area contributed by atoms with Crippen LogP contribution in [0.1, 0.15) is 32.4 Å². The molecule has 0 aliphatic rings. The Hall–Kier alpha value is -0.950. The van der Waals surface area contributed by atoms with Crippen molar-refractivity contribution >= 4 is 10.0 Å². The Morgan fingerprint density at radius 1 is 1.37 bits per heavy atom. The molecule has 1 atom stereocenters. The van der Waals surface area contributed by atoms with Gasteiger partial charge in [0.2, 0.25) is 10.0 Å². The summed E-state index contributed by atoms with van der Waals surface area (Å²) in [7, 11) is -2.27. The molecule has 5 nitrogen and oxygen atoms in total. The summed E-state index contributed by atoms with van der Waals surface area (Å²) >= 11 is 0. The van der Waals surface area contributed by atoms with Crippen molar-refractivity contribution in [2.45, 2.75) is 37.3 Å². The minimum absolute atomic E-state index is 0.106. The molecule has 1 aromatic carbocycles. The molecule has 6 heteroatoms. The van der Waals surface area contributed by atoms with Gasteiger partial charge in [0.05, 0.1) is 23.1 Å². The highest BCUT2D eigenvalue weighted by molar-refractivity contribution is 7.89. The lowest BCUT2D eigenvalue weighted by Crippen LogP contribution is -2.47. The number of hydrogen-bond donors (Lipinski definition) is 2. The highest BCUT2D eigenvalue weighted by Crippen LogP contribution is 2.24. The van der Waals surface area contributed by atoms with Gasteiger partial charge in [-0.3, -0.25) is 0 Å². The van der Waals surface area contributed by atoms with Gasteiger partial charge >= 0.3 is 0 Å². The van der Waals surface area contributed by atoms with Crippen molar-refractivity contribution in [1.29, 1.82) is 0 Å². The van der Waals surface area contributed by atoms with Crippen molar-refractivity contribution in [2.75, 3.05) is 13.7 Å². The number of aliphatic hydroxyl groups is 2. The average Bonchev–Trinajstić information content (AvgIpc) is 2.37. The van der Waals surface area contributed by atoms with Crippen LogP contribution in [0.5, 0.6) is 0 Å². The molecule has 1 aromatic rings. The van der Waals surface area contributed by atoms with Gasteiger partial charge in [-0.1, -0.05) is 12.1 Å². The first-order chi connectivity index (χ1) is 8.63. The lowest BCUT2D eigenvalue weighted by atomic mass is 10.1. The van der Waals surface area contributed by atoms with Gasteiger partial charge in [0.25, 0.3) is 0 Å². The molecule has 0 spiro atoms. The predicted molar refractivity (Wildman–Crippen MR) is 73.2 cm³/mol. The number of nitrogens with zero attached hydrogens (tertiary/aromatic N) is 1. The lowest BCUT2D eigenvalue weighted by Gasteiger charge is -2.32. The quantitative estimate of drug-likeness (QED) is 0.851. The Balaban J connectivity index is 3.24. The summed E-state index contributed by atoms with van der Waals surface area (Å²) in [6, 6.07) is 6.19. The van der Waals surface area contributed by atoms with E-state index in [1.807, 2.05) is 0 Å². The van der Waals surface area contributed by atoms with Gasteiger partial charge in [-0.2, -0.15) is 4.31 Å². The Labute approximate surface area is 114 Å². The predicted octanol–water partition coefficient (Wildman–Crippen LogP) is 1.13. The topological polar surface area (TPSA) is 77.8 Å². The van der Waals surface area contributed by atoms with E-state index in [0.717, 1.165) is 4.31 Å². The fourth-order valence-electron chi connectivity index (χ4n) is 1.52. The molecule has 0 fully saturated rings. The average molecular weight is 287 g/mol. The molecular formula is C13H21NO4S. The first kappa shape index (κ1) is 16.1. The zero-order chi connectivity index (χ0) is 14.8. The summed E-state index contributed by atoms with van der Waals surface area (Å²) in [6.07, 6.45) is -0.730. The molecular weight excluding hydrogens is 266 g/mol. The Morgan fingerprint density at radius 3 is 2.42 bits per heavy atom. The van der Waals surface area contributed by atoms with Crippen molar-refractivity contribution in [2.24, 2.45) is 0 Å². The standard InChI is InChI=1S/C13H21NO4S/c1-10(16)11-6-5-7-12(8-11)19(17,18)14(4)13(2,3)9-15/h5-8,10,15-16H,9H2,1-4H3. The molecule has 0 saturated carbocycles. The van der Waals surface area contributed by atoms with E-state index in [1.165, 1.54) is 19.2 Å². The fourth-order valence-corrected chi connectivity index (χ4v) is 3.08. The maximum atomic E-state index is 12.4. The van der Waals surface area contributed by atoms with Crippen molar-refractivity contribution in [3.05, 3.63) is 29.8 Å². The molecule has 0 amide bonds. The summed E-state index contributed by atoms with van der Waals surface area (Å²) < 4.78 is 26.0. The van der Waals surface area contributed by atoms with Gasteiger partial charge in [-0.25, -0.2) is 8.42 Å². The van der Waals surface area contributed by atoms with Crippen LogP contribution in [0.3, 0.4) is 0 Å². The second-order valence-electron chi connectivity index (χ2n) is 5.19. The van der Waals surface area contributed by atoms with E-state index in [9.17, 15) is 18.6 Å². The zero-order valence-electron chi connectivity index (χ0n) is 11.7. The van der Waals surface area contributed by atoms with Crippen LogP contribution in [-0.4, -0.2) is 42.1 Å². The van der Waals surface area contributed by atoms with E-state index in [0.29, 0.717) is 5.56 Å². The Kier molecular flexibility index (Phi) is 4.73. The van der Waals surface area contributed by atoms with Crippen LogP contribution in [0, 0.1) is 0 Å². The summed E-state index contributed by atoms with van der Waals surface area (Å²) in [5.41, 5.74) is -0.351. The van der Waals surface area contributed by atoms with Gasteiger partial charge in [0.1, 0.15) is 0 Å². The van der Waals surface area contributed by atoms with E-state index in [2.05, 4.69) is 0 Å². The van der Waals surface area contributed by atoms with Crippen molar-refractivity contribution in [1.82, 2.24) is 4.31 Å². The van der Waals surface area contributed by atoms with Gasteiger partial charge in [-0.15, -0.1) is 0 Å². The van der Waals surface area contributed by atoms with Crippen LogP contribution in [0.15, 0.2) is 29.2 Å². The molecule has 108 valence electrons. The molecule has 0 heterocycles. The molecule has 2 N–H and O–H groups in total. The van der Waals surface area contributed by atoms with Crippen molar-refractivity contribution < 1.29 is 18.6 Å². The summed E-state index contributed by atoms with van der Waals surface area (Å²) in [5, 5.41) is 18.8. The van der Waals surface area contributed by atoms with Gasteiger partial charge < -0.3 is 10.2 Å². The molecule has 0 aliphatic carbocycles. The molecule has 0 saturated heterocycles. The first-order valence-electron chi connectivity index (χ1n) is 6.01. The first-order valence-corrected chi connectivity index (χ1v) is 7.45. The van der Waals surface area contributed by atoms with E-state index in [4.69, 9.17) is 0 Å².